The van der Waals surface area contributed by atoms with E-state index >= 15 is 0 Å². The van der Waals surface area contributed by atoms with Crippen LogP contribution in [0.15, 0.2) is 48.5 Å². The van der Waals surface area contributed by atoms with Gasteiger partial charge in [-0.1, -0.05) is 43.1 Å². The summed E-state index contributed by atoms with van der Waals surface area (Å²) in [4.78, 5) is 11.7. The molecule has 4 heteroatoms. The van der Waals surface area contributed by atoms with E-state index in [4.69, 9.17) is 21.1 Å². The Kier molecular flexibility index (Phi) is 5.64. The number of rotatable bonds is 6. The van der Waals surface area contributed by atoms with E-state index in [2.05, 4.69) is 6.92 Å². The largest absolute Gasteiger partial charge is 0.482 e. The molecule has 0 amide bonds. The summed E-state index contributed by atoms with van der Waals surface area (Å²) in [5.41, 5.74) is 1.23. The summed E-state index contributed by atoms with van der Waals surface area (Å²) in [6.45, 7) is 1.97. The van der Waals surface area contributed by atoms with Crippen LogP contribution < -0.4 is 9.47 Å². The standard InChI is InChI=1S/C17H17ClO3/c1-2-4-13-7-9-15(10-8-13)21-17(19)12-20-16-6-3-5-14(18)11-16/h3,5-11H,2,4,12H2,1H3. The average molecular weight is 305 g/mol. The van der Waals surface area contributed by atoms with Crippen LogP contribution in [-0.2, 0) is 11.2 Å². The van der Waals surface area contributed by atoms with Crippen molar-refractivity contribution in [3.8, 4) is 11.5 Å². The molecule has 2 aromatic rings. The minimum absolute atomic E-state index is 0.156. The summed E-state index contributed by atoms with van der Waals surface area (Å²) in [6, 6.07) is 14.4. The molecule has 0 aromatic heterocycles. The molecule has 0 heterocycles. The molecule has 0 aliphatic heterocycles. The third-order valence-corrected chi connectivity index (χ3v) is 3.08. The van der Waals surface area contributed by atoms with Crippen molar-refractivity contribution in [1.29, 1.82) is 0 Å². The smallest absolute Gasteiger partial charge is 0.349 e. The van der Waals surface area contributed by atoms with E-state index in [1.165, 1.54) is 5.56 Å². The average Bonchev–Trinajstić information content (AvgIpc) is 2.48. The van der Waals surface area contributed by atoms with Gasteiger partial charge in [-0.3, -0.25) is 0 Å². The molecular weight excluding hydrogens is 288 g/mol. The molecular formula is C17H17ClO3. The van der Waals surface area contributed by atoms with Gasteiger partial charge < -0.3 is 9.47 Å². The lowest BCUT2D eigenvalue weighted by Crippen LogP contribution is -2.17. The third-order valence-electron chi connectivity index (χ3n) is 2.85. The van der Waals surface area contributed by atoms with E-state index in [0.29, 0.717) is 16.5 Å². The minimum atomic E-state index is -0.446. The van der Waals surface area contributed by atoms with Crippen LogP contribution in [0.2, 0.25) is 5.02 Å². The first-order chi connectivity index (χ1) is 10.2. The normalized spacial score (nSPS) is 10.2. The zero-order valence-corrected chi connectivity index (χ0v) is 12.6. The minimum Gasteiger partial charge on any atom is -0.482 e. The molecule has 0 spiro atoms. The highest BCUT2D eigenvalue weighted by Gasteiger charge is 2.06. The van der Waals surface area contributed by atoms with Gasteiger partial charge in [-0.15, -0.1) is 0 Å². The lowest BCUT2D eigenvalue weighted by Gasteiger charge is -2.07. The Morgan fingerprint density at radius 2 is 1.86 bits per heavy atom. The van der Waals surface area contributed by atoms with Crippen molar-refractivity contribution < 1.29 is 14.3 Å². The molecule has 0 bridgehead atoms. The predicted octanol–water partition coefficient (Wildman–Crippen LogP) is 4.28. The van der Waals surface area contributed by atoms with Gasteiger partial charge in [0.15, 0.2) is 6.61 Å². The van der Waals surface area contributed by atoms with Gasteiger partial charge in [0.2, 0.25) is 0 Å². The van der Waals surface area contributed by atoms with Crippen LogP contribution in [0, 0.1) is 0 Å². The lowest BCUT2D eigenvalue weighted by atomic mass is 10.1. The molecule has 3 nitrogen and oxygen atoms in total. The van der Waals surface area contributed by atoms with Crippen LogP contribution >= 0.6 is 11.6 Å². The number of benzene rings is 2. The molecule has 21 heavy (non-hydrogen) atoms. The SMILES string of the molecule is CCCc1ccc(OC(=O)COc2cccc(Cl)c2)cc1. The molecule has 0 aliphatic rings. The molecule has 0 atom stereocenters. The number of aryl methyl sites for hydroxylation is 1. The Bertz CT molecular complexity index is 593. The van der Waals surface area contributed by atoms with Crippen LogP contribution in [0.3, 0.4) is 0 Å². The Labute approximate surface area is 129 Å². The lowest BCUT2D eigenvalue weighted by molar-refractivity contribution is -0.136. The van der Waals surface area contributed by atoms with Gasteiger partial charge in [-0.25, -0.2) is 4.79 Å². The molecule has 0 saturated carbocycles. The molecule has 0 fully saturated rings. The maximum absolute atomic E-state index is 11.7. The second-order valence-corrected chi connectivity index (χ2v) is 5.05. The van der Waals surface area contributed by atoms with Crippen molar-refractivity contribution >= 4 is 17.6 Å². The first-order valence-electron chi connectivity index (χ1n) is 6.85. The van der Waals surface area contributed by atoms with Gasteiger partial charge in [-0.2, -0.15) is 0 Å². The van der Waals surface area contributed by atoms with Gasteiger partial charge in [0, 0.05) is 5.02 Å². The molecule has 110 valence electrons. The Morgan fingerprint density at radius 1 is 1.10 bits per heavy atom. The zero-order chi connectivity index (χ0) is 15.1. The van der Waals surface area contributed by atoms with Crippen molar-refractivity contribution in [1.82, 2.24) is 0 Å². The first kappa shape index (κ1) is 15.4. The van der Waals surface area contributed by atoms with Crippen molar-refractivity contribution in [2.75, 3.05) is 6.61 Å². The summed E-state index contributed by atoms with van der Waals surface area (Å²) in [7, 11) is 0. The number of hydrogen-bond donors (Lipinski definition) is 0. The third kappa shape index (κ3) is 5.12. The van der Waals surface area contributed by atoms with Gasteiger partial charge >= 0.3 is 5.97 Å². The highest BCUT2D eigenvalue weighted by Crippen LogP contribution is 2.17. The van der Waals surface area contributed by atoms with E-state index in [1.807, 2.05) is 12.1 Å². The summed E-state index contributed by atoms with van der Waals surface area (Å²) >= 11 is 5.83. The topological polar surface area (TPSA) is 35.5 Å². The predicted molar refractivity (Wildman–Crippen MR) is 83.0 cm³/mol. The van der Waals surface area contributed by atoms with Crippen LogP contribution in [0.4, 0.5) is 0 Å². The van der Waals surface area contributed by atoms with E-state index in [0.717, 1.165) is 12.8 Å². The van der Waals surface area contributed by atoms with Crippen molar-refractivity contribution in [2.45, 2.75) is 19.8 Å². The second kappa shape index (κ2) is 7.70. The maximum atomic E-state index is 11.7. The number of carbonyl (C=O) groups is 1. The quantitative estimate of drug-likeness (QED) is 0.590. The maximum Gasteiger partial charge on any atom is 0.349 e. The summed E-state index contributed by atoms with van der Waals surface area (Å²) in [6.07, 6.45) is 2.11. The van der Waals surface area contributed by atoms with Gasteiger partial charge in [0.05, 0.1) is 0 Å². The Balaban J connectivity index is 1.84. The van der Waals surface area contributed by atoms with Crippen LogP contribution in [0.5, 0.6) is 11.5 Å². The summed E-state index contributed by atoms with van der Waals surface area (Å²) < 4.78 is 10.5. The molecule has 2 rings (SSSR count). The Hall–Kier alpha value is -2.00. The molecule has 2 aromatic carbocycles. The number of halogens is 1. The van der Waals surface area contributed by atoms with E-state index in [9.17, 15) is 4.79 Å². The molecule has 0 unspecified atom stereocenters. The molecule has 0 saturated heterocycles. The van der Waals surface area contributed by atoms with Gasteiger partial charge in [0.25, 0.3) is 0 Å². The Morgan fingerprint density at radius 3 is 2.52 bits per heavy atom. The number of hydrogen-bond acceptors (Lipinski definition) is 3. The van der Waals surface area contributed by atoms with Gasteiger partial charge in [-0.05, 0) is 42.3 Å². The number of carbonyl (C=O) groups excluding carboxylic acids is 1. The molecule has 0 N–H and O–H groups in total. The fourth-order valence-electron chi connectivity index (χ4n) is 1.87. The first-order valence-corrected chi connectivity index (χ1v) is 7.23. The second-order valence-electron chi connectivity index (χ2n) is 4.61. The summed E-state index contributed by atoms with van der Waals surface area (Å²) in [5.74, 6) is 0.616. The van der Waals surface area contributed by atoms with E-state index in [1.54, 1.807) is 36.4 Å². The highest BCUT2D eigenvalue weighted by molar-refractivity contribution is 6.30. The molecule has 0 aliphatic carbocycles. The van der Waals surface area contributed by atoms with Crippen LogP contribution in [0.25, 0.3) is 0 Å². The van der Waals surface area contributed by atoms with E-state index in [-0.39, 0.29) is 6.61 Å². The zero-order valence-electron chi connectivity index (χ0n) is 11.8. The van der Waals surface area contributed by atoms with Crippen molar-refractivity contribution in [3.63, 3.8) is 0 Å². The fourth-order valence-corrected chi connectivity index (χ4v) is 2.05. The highest BCUT2D eigenvalue weighted by atomic mass is 35.5. The number of ether oxygens (including phenoxy) is 2. The van der Waals surface area contributed by atoms with E-state index < -0.39 is 5.97 Å². The monoisotopic (exact) mass is 304 g/mol. The number of esters is 1. The van der Waals surface area contributed by atoms with Gasteiger partial charge in [0.1, 0.15) is 11.5 Å². The molecule has 0 radical (unpaired) electrons. The van der Waals surface area contributed by atoms with Crippen molar-refractivity contribution in [2.24, 2.45) is 0 Å². The van der Waals surface area contributed by atoms with Crippen LogP contribution in [0.1, 0.15) is 18.9 Å². The fraction of sp³-hybridized carbons (Fsp3) is 0.235. The summed E-state index contributed by atoms with van der Waals surface area (Å²) in [5, 5.41) is 0.562. The van der Waals surface area contributed by atoms with Crippen molar-refractivity contribution in [3.05, 3.63) is 59.1 Å². The van der Waals surface area contributed by atoms with Crippen LogP contribution in [-0.4, -0.2) is 12.6 Å².